The molecule has 2 atom stereocenters. The van der Waals surface area contributed by atoms with Gasteiger partial charge in [0.2, 0.25) is 0 Å². The van der Waals surface area contributed by atoms with Crippen molar-refractivity contribution < 1.29 is 33.6 Å². The summed E-state index contributed by atoms with van der Waals surface area (Å²) in [6.07, 6.45) is 0.701. The number of ether oxygens (including phenoxy) is 5. The molecule has 0 amide bonds. The molecule has 7 heteroatoms. The number of carbonyl (C=O) groups is 1. The van der Waals surface area contributed by atoms with Crippen molar-refractivity contribution in [3.8, 4) is 34.1 Å². The molecule has 406 valence electrons. The molecule has 14 aromatic carbocycles. The number of fused-ring (bicyclic) bond motifs is 1. The molecule has 14 aromatic rings. The minimum absolute atomic E-state index is 0.0691. The van der Waals surface area contributed by atoms with Crippen molar-refractivity contribution in [1.82, 2.24) is 0 Å². The number of Topliss-reactive ketones (excluding diaryl/α,β-unsaturated/α-hetero) is 1. The molecule has 83 heavy (non-hydrogen) atoms. The molecule has 0 aromatic heterocycles. The van der Waals surface area contributed by atoms with E-state index in [0.717, 1.165) is 71.6 Å². The van der Waals surface area contributed by atoms with Crippen molar-refractivity contribution in [2.24, 2.45) is 5.92 Å². The lowest BCUT2D eigenvalue weighted by Gasteiger charge is -2.37. The van der Waals surface area contributed by atoms with E-state index in [1.54, 1.807) is 28.4 Å². The summed E-state index contributed by atoms with van der Waals surface area (Å²) in [7, 11) is 6.57. The smallest absolute Gasteiger partial charge is 0.166 e. The molecule has 2 unspecified atom stereocenters. The molecule has 7 nitrogen and oxygen atoms in total. The summed E-state index contributed by atoms with van der Waals surface area (Å²) in [5.41, 5.74) is 4.00. The average Bonchev–Trinajstić information content (AvgIpc) is 2.35. The fourth-order valence-corrected chi connectivity index (χ4v) is 13.5. The maximum atomic E-state index is 15.2. The molecule has 0 aliphatic carbocycles. The third-order valence-corrected chi connectivity index (χ3v) is 17.6. The fourth-order valence-electron chi connectivity index (χ4n) is 13.5. The van der Waals surface area contributed by atoms with E-state index in [0.29, 0.717) is 46.8 Å². The van der Waals surface area contributed by atoms with Crippen LogP contribution in [0.4, 0.5) is 0 Å². The van der Waals surface area contributed by atoms with E-state index in [1.165, 1.54) is 43.1 Å². The maximum Gasteiger partial charge on any atom is 0.166 e. The third-order valence-electron chi connectivity index (χ3n) is 17.6. The first-order valence-corrected chi connectivity index (χ1v) is 28.3. The normalized spacial score (nSPS) is 13.2. The van der Waals surface area contributed by atoms with Crippen LogP contribution < -0.4 is 18.9 Å². The highest BCUT2D eigenvalue weighted by Crippen LogP contribution is 2.53. The molecule has 0 aliphatic rings. The first kappa shape index (κ1) is 51.6. The Morgan fingerprint density at radius 2 is 0.964 bits per heavy atom. The van der Waals surface area contributed by atoms with Crippen LogP contribution in [0.25, 0.3) is 86.5 Å². The molecular formula is C76H60O7. The summed E-state index contributed by atoms with van der Waals surface area (Å²) in [6.45, 7) is 2.45. The quantitative estimate of drug-likeness (QED) is 0.0397. The zero-order valence-electron chi connectivity index (χ0n) is 47.0. The second kappa shape index (κ2) is 20.5. The van der Waals surface area contributed by atoms with Crippen LogP contribution in [0, 0.1) is 5.92 Å². The van der Waals surface area contributed by atoms with Crippen LogP contribution in [0.1, 0.15) is 63.5 Å². The minimum Gasteiger partial charge on any atom is -0.497 e. The van der Waals surface area contributed by atoms with Gasteiger partial charge in [-0.05, 0) is 170 Å². The van der Waals surface area contributed by atoms with Crippen molar-refractivity contribution in [1.29, 1.82) is 0 Å². The van der Waals surface area contributed by atoms with Crippen LogP contribution in [0.2, 0.25) is 0 Å². The average molecular weight is 1090 g/mol. The van der Waals surface area contributed by atoms with Crippen molar-refractivity contribution >= 4 is 81.2 Å². The predicted octanol–water partition coefficient (Wildman–Crippen LogP) is 17.7. The zero-order valence-corrected chi connectivity index (χ0v) is 47.0. The van der Waals surface area contributed by atoms with Crippen molar-refractivity contribution in [3.63, 3.8) is 0 Å². The van der Waals surface area contributed by atoms with Crippen LogP contribution in [-0.2, 0) is 15.9 Å². The lowest BCUT2D eigenvalue weighted by atomic mass is 9.74. The van der Waals surface area contributed by atoms with Gasteiger partial charge in [0.1, 0.15) is 34.2 Å². The van der Waals surface area contributed by atoms with Gasteiger partial charge in [-0.1, -0.05) is 183 Å². The predicted molar refractivity (Wildman–Crippen MR) is 337 cm³/mol. The lowest BCUT2D eigenvalue weighted by Crippen LogP contribution is -2.34. The Bertz CT molecular complexity index is 4610. The molecule has 0 saturated heterocycles. The van der Waals surface area contributed by atoms with Gasteiger partial charge in [0.05, 0.1) is 40.6 Å². The Kier molecular flexibility index (Phi) is 12.7. The molecule has 0 spiro atoms. The van der Waals surface area contributed by atoms with E-state index in [-0.39, 0.29) is 18.1 Å². The number of rotatable bonds is 18. The Morgan fingerprint density at radius 3 is 1.58 bits per heavy atom. The monoisotopic (exact) mass is 1080 g/mol. The van der Waals surface area contributed by atoms with Gasteiger partial charge in [-0.25, -0.2) is 0 Å². The maximum absolute atomic E-state index is 15.2. The molecule has 0 radical (unpaired) electrons. The number of hydrogen-bond donors (Lipinski definition) is 1. The van der Waals surface area contributed by atoms with E-state index in [2.05, 4.69) is 134 Å². The van der Waals surface area contributed by atoms with Crippen molar-refractivity contribution in [3.05, 3.63) is 263 Å². The van der Waals surface area contributed by atoms with Crippen LogP contribution >= 0.6 is 0 Å². The Balaban J connectivity index is 0.889. The van der Waals surface area contributed by atoms with Gasteiger partial charge in [-0.3, -0.25) is 4.79 Å². The highest BCUT2D eigenvalue weighted by molar-refractivity contribution is 6.44. The summed E-state index contributed by atoms with van der Waals surface area (Å²) in [4.78, 5) is 15.2. The summed E-state index contributed by atoms with van der Waals surface area (Å²) < 4.78 is 31.0. The van der Waals surface area contributed by atoms with Gasteiger partial charge in [-0.15, -0.1) is 0 Å². The van der Waals surface area contributed by atoms with Crippen LogP contribution in [0.15, 0.2) is 224 Å². The Hall–Kier alpha value is -9.53. The largest absolute Gasteiger partial charge is 0.497 e. The summed E-state index contributed by atoms with van der Waals surface area (Å²) in [5.74, 6) is 2.21. The number of methoxy groups -OCH3 is 4. The number of benzene rings is 14. The second-order valence-corrected chi connectivity index (χ2v) is 22.1. The molecule has 1 N–H and O–H groups in total. The van der Waals surface area contributed by atoms with Crippen molar-refractivity contribution in [2.75, 3.05) is 35.0 Å². The first-order chi connectivity index (χ1) is 40.6. The second-order valence-electron chi connectivity index (χ2n) is 22.1. The molecule has 0 saturated carbocycles. The van der Waals surface area contributed by atoms with Gasteiger partial charge in [-0.2, -0.15) is 0 Å². The molecule has 0 bridgehead atoms. The summed E-state index contributed by atoms with van der Waals surface area (Å²) in [5, 5.41) is 30.6. The minimum atomic E-state index is -1.89. The molecule has 0 fully saturated rings. The van der Waals surface area contributed by atoms with E-state index >= 15 is 4.79 Å². The lowest BCUT2D eigenvalue weighted by molar-refractivity contribution is -0.00664. The van der Waals surface area contributed by atoms with Crippen LogP contribution in [0.3, 0.4) is 0 Å². The topological polar surface area (TPSA) is 83.5 Å². The SMILES string of the molecule is COc1ccc(C(OCC(C)CCC(=O)c2cc(C(O)(c3ccc(-c4cccc5ccccc45)cc3OC)c3cc4ccc5ccc6ccc7ccc8ccc3c3c8c7c6c5c43)ccc2OC)(c2ccccc2)c2ccc(OC)cc2)cc1. The number of carbonyl (C=O) groups excluding carboxylic acids is 1. The molecule has 0 heterocycles. The number of aliphatic hydroxyl groups is 1. The third kappa shape index (κ3) is 8.20. The summed E-state index contributed by atoms with van der Waals surface area (Å²) in [6, 6.07) is 76.9. The molecule has 14 rings (SSSR count). The Morgan fingerprint density at radius 1 is 0.434 bits per heavy atom. The standard InChI is InChI=1S/C76H60O7/c1-46(45-83-76(54-14-7-6-8-15-54,55-29-34-58(79-2)35-30-55)56-31-36-59(80-3)37-32-56)18-40-66(77)63-44-57(33-41-67(63)81-4)75(78,64-39-28-52(43-68(64)82-5)61-17-11-13-47-12-9-10-16-60(47)61)65-42-53-26-25-50-22-20-48-19-21-49-23-24-51-27-38-62(65)74-72(51)70(49)69(48)71(50)73(53)74/h6-17,19-39,41-44,46,78H,18,40,45H2,1-5H3. The van der Waals surface area contributed by atoms with E-state index in [1.807, 2.05) is 97.1 Å². The fraction of sp³-hybridized carbons (Fsp3) is 0.145. The van der Waals surface area contributed by atoms with E-state index < -0.39 is 11.2 Å². The van der Waals surface area contributed by atoms with Gasteiger partial charge in [0, 0.05) is 17.5 Å². The van der Waals surface area contributed by atoms with E-state index in [9.17, 15) is 5.11 Å². The first-order valence-electron chi connectivity index (χ1n) is 28.3. The number of ketones is 1. The van der Waals surface area contributed by atoms with Crippen LogP contribution in [0.5, 0.6) is 23.0 Å². The molecule has 0 aliphatic heterocycles. The number of hydrogen-bond acceptors (Lipinski definition) is 7. The zero-order chi connectivity index (χ0) is 56.6. The van der Waals surface area contributed by atoms with Crippen molar-refractivity contribution in [2.45, 2.75) is 31.0 Å². The van der Waals surface area contributed by atoms with Gasteiger partial charge in [0.15, 0.2) is 5.78 Å². The highest BCUT2D eigenvalue weighted by atomic mass is 16.5. The van der Waals surface area contributed by atoms with Crippen LogP contribution in [-0.4, -0.2) is 45.9 Å². The highest BCUT2D eigenvalue weighted by Gasteiger charge is 2.41. The summed E-state index contributed by atoms with van der Waals surface area (Å²) >= 11 is 0. The van der Waals surface area contributed by atoms with Gasteiger partial charge in [0.25, 0.3) is 0 Å². The molecular weight excluding hydrogens is 1020 g/mol. The Labute approximate surface area is 481 Å². The van der Waals surface area contributed by atoms with E-state index in [4.69, 9.17) is 23.7 Å². The van der Waals surface area contributed by atoms with Gasteiger partial charge >= 0.3 is 0 Å². The van der Waals surface area contributed by atoms with Gasteiger partial charge < -0.3 is 28.8 Å².